The monoisotopic (exact) mass is 415 g/mol. The molecule has 0 atom stereocenters. The van der Waals surface area contributed by atoms with Crippen LogP contribution < -0.4 is 19.4 Å². The summed E-state index contributed by atoms with van der Waals surface area (Å²) in [6.07, 6.45) is 1.98. The SMILES string of the molecule is CCCCOOc1cccc(N2CCN(c3noc4cc(F)ccc34)CC2)c1OC. The molecule has 160 valence electrons. The highest BCUT2D eigenvalue weighted by molar-refractivity contribution is 5.88. The summed E-state index contributed by atoms with van der Waals surface area (Å²) < 4.78 is 24.3. The van der Waals surface area contributed by atoms with E-state index in [1.165, 1.54) is 12.1 Å². The highest BCUT2D eigenvalue weighted by Crippen LogP contribution is 2.38. The minimum atomic E-state index is -0.331. The van der Waals surface area contributed by atoms with Gasteiger partial charge in [-0.1, -0.05) is 24.6 Å². The van der Waals surface area contributed by atoms with Crippen molar-refractivity contribution in [2.75, 3.05) is 49.7 Å². The predicted octanol–water partition coefficient (Wildman–Crippen LogP) is 4.41. The zero-order valence-corrected chi connectivity index (χ0v) is 17.3. The van der Waals surface area contributed by atoms with Crippen molar-refractivity contribution in [1.29, 1.82) is 0 Å². The predicted molar refractivity (Wildman–Crippen MR) is 113 cm³/mol. The number of fused-ring (bicyclic) bond motifs is 1. The highest BCUT2D eigenvalue weighted by Gasteiger charge is 2.25. The van der Waals surface area contributed by atoms with Gasteiger partial charge in [0.05, 0.1) is 24.8 Å². The van der Waals surface area contributed by atoms with E-state index in [2.05, 4.69) is 21.9 Å². The first kappa shape index (κ1) is 20.3. The number of piperazine rings is 1. The summed E-state index contributed by atoms with van der Waals surface area (Å²) >= 11 is 0. The van der Waals surface area contributed by atoms with Crippen LogP contribution in [0.2, 0.25) is 0 Å². The van der Waals surface area contributed by atoms with E-state index < -0.39 is 0 Å². The van der Waals surface area contributed by atoms with Crippen molar-refractivity contribution in [3.63, 3.8) is 0 Å². The standard InChI is InChI=1S/C22H26FN3O4/c1-3-4-14-28-30-19-7-5-6-18(21(19)27-2)25-10-12-26(13-11-25)22-17-9-8-16(23)15-20(17)29-24-22/h5-9,15H,3-4,10-14H2,1-2H3. The number of nitrogens with zero attached hydrogens (tertiary/aromatic N) is 3. The molecule has 1 saturated heterocycles. The van der Waals surface area contributed by atoms with Gasteiger partial charge in [-0.2, -0.15) is 4.89 Å². The summed E-state index contributed by atoms with van der Waals surface area (Å²) in [5.74, 6) is 1.64. The van der Waals surface area contributed by atoms with Crippen LogP contribution in [0.3, 0.4) is 0 Å². The van der Waals surface area contributed by atoms with Crippen molar-refractivity contribution in [2.45, 2.75) is 19.8 Å². The Labute approximate surface area is 174 Å². The first-order chi connectivity index (χ1) is 14.7. The Bertz CT molecular complexity index is 986. The molecular formula is C22H26FN3O4. The second-order valence-electron chi connectivity index (χ2n) is 7.19. The van der Waals surface area contributed by atoms with Crippen LogP contribution in [0, 0.1) is 5.82 Å². The van der Waals surface area contributed by atoms with Crippen LogP contribution in [0.1, 0.15) is 19.8 Å². The molecule has 0 N–H and O–H groups in total. The van der Waals surface area contributed by atoms with E-state index in [1.54, 1.807) is 13.2 Å². The number of unbranched alkanes of at least 4 members (excludes halogenated alkanes) is 1. The zero-order valence-electron chi connectivity index (χ0n) is 17.3. The van der Waals surface area contributed by atoms with Gasteiger partial charge in [0.1, 0.15) is 5.82 Å². The molecule has 8 heteroatoms. The van der Waals surface area contributed by atoms with E-state index in [4.69, 9.17) is 19.0 Å². The normalized spacial score (nSPS) is 14.4. The summed E-state index contributed by atoms with van der Waals surface area (Å²) in [5, 5.41) is 4.98. The van der Waals surface area contributed by atoms with Gasteiger partial charge in [-0.3, -0.25) is 0 Å². The Morgan fingerprint density at radius 1 is 1.10 bits per heavy atom. The molecule has 0 unspecified atom stereocenters. The Balaban J connectivity index is 1.45. The Hall–Kier alpha value is -3.00. The maximum Gasteiger partial charge on any atom is 0.209 e. The second kappa shape index (κ2) is 9.21. The maximum absolute atomic E-state index is 13.4. The van der Waals surface area contributed by atoms with Gasteiger partial charge in [0.25, 0.3) is 0 Å². The van der Waals surface area contributed by atoms with E-state index in [0.717, 1.165) is 55.9 Å². The topological polar surface area (TPSA) is 60.2 Å². The van der Waals surface area contributed by atoms with Gasteiger partial charge in [-0.15, -0.1) is 0 Å². The molecule has 0 amide bonds. The molecule has 2 heterocycles. The number of hydrogen-bond donors (Lipinski definition) is 0. The van der Waals surface area contributed by atoms with Gasteiger partial charge >= 0.3 is 0 Å². The Morgan fingerprint density at radius 2 is 1.90 bits per heavy atom. The molecule has 4 rings (SSSR count). The summed E-state index contributed by atoms with van der Waals surface area (Å²) in [6.45, 7) is 5.68. The van der Waals surface area contributed by atoms with Crippen molar-refractivity contribution in [1.82, 2.24) is 5.16 Å². The average molecular weight is 415 g/mol. The minimum Gasteiger partial charge on any atom is -0.491 e. The molecule has 7 nitrogen and oxygen atoms in total. The minimum absolute atomic E-state index is 0.331. The van der Waals surface area contributed by atoms with Gasteiger partial charge in [0, 0.05) is 32.2 Å². The van der Waals surface area contributed by atoms with Crippen molar-refractivity contribution in [2.24, 2.45) is 0 Å². The van der Waals surface area contributed by atoms with E-state index in [1.807, 2.05) is 18.2 Å². The number of ether oxygens (including phenoxy) is 1. The number of hydrogen-bond acceptors (Lipinski definition) is 7. The first-order valence-electron chi connectivity index (χ1n) is 10.2. The van der Waals surface area contributed by atoms with Crippen LogP contribution in [0.5, 0.6) is 11.5 Å². The number of benzene rings is 2. The van der Waals surface area contributed by atoms with E-state index in [9.17, 15) is 4.39 Å². The van der Waals surface area contributed by atoms with Crippen LogP contribution in [-0.4, -0.2) is 45.1 Å². The molecule has 0 saturated carbocycles. The van der Waals surface area contributed by atoms with Crippen LogP contribution in [0.4, 0.5) is 15.9 Å². The molecule has 0 aliphatic carbocycles. The lowest BCUT2D eigenvalue weighted by Crippen LogP contribution is -2.46. The number of halogens is 1. The van der Waals surface area contributed by atoms with Gasteiger partial charge in [-0.05, 0) is 30.7 Å². The first-order valence-corrected chi connectivity index (χ1v) is 10.2. The number of para-hydroxylation sites is 1. The molecule has 30 heavy (non-hydrogen) atoms. The fourth-order valence-corrected chi connectivity index (χ4v) is 3.62. The van der Waals surface area contributed by atoms with Crippen LogP contribution in [0.15, 0.2) is 40.9 Å². The largest absolute Gasteiger partial charge is 0.491 e. The molecule has 2 aromatic carbocycles. The van der Waals surface area contributed by atoms with Crippen molar-refractivity contribution >= 4 is 22.5 Å². The smallest absolute Gasteiger partial charge is 0.209 e. The number of methoxy groups -OCH3 is 1. The van der Waals surface area contributed by atoms with Crippen molar-refractivity contribution in [3.8, 4) is 11.5 Å². The summed E-state index contributed by atoms with van der Waals surface area (Å²) in [7, 11) is 1.63. The van der Waals surface area contributed by atoms with Crippen molar-refractivity contribution < 1.29 is 23.4 Å². The van der Waals surface area contributed by atoms with Crippen LogP contribution in [-0.2, 0) is 4.89 Å². The van der Waals surface area contributed by atoms with Gasteiger partial charge in [0.15, 0.2) is 17.2 Å². The summed E-state index contributed by atoms with van der Waals surface area (Å²) in [6, 6.07) is 10.3. The third-order valence-electron chi connectivity index (χ3n) is 5.23. The summed E-state index contributed by atoms with van der Waals surface area (Å²) in [5.41, 5.74) is 1.42. The Kier molecular flexibility index (Phi) is 6.23. The molecule has 0 spiro atoms. The molecule has 1 aliphatic heterocycles. The lowest BCUT2D eigenvalue weighted by Gasteiger charge is -2.36. The maximum atomic E-state index is 13.4. The molecule has 1 aromatic heterocycles. The second-order valence-corrected chi connectivity index (χ2v) is 7.19. The van der Waals surface area contributed by atoms with Gasteiger partial charge in [0.2, 0.25) is 5.75 Å². The molecular weight excluding hydrogens is 389 g/mol. The van der Waals surface area contributed by atoms with Crippen molar-refractivity contribution in [3.05, 3.63) is 42.2 Å². The molecule has 0 bridgehead atoms. The lowest BCUT2D eigenvalue weighted by atomic mass is 10.2. The number of aromatic nitrogens is 1. The Morgan fingerprint density at radius 3 is 2.67 bits per heavy atom. The average Bonchev–Trinajstić information content (AvgIpc) is 3.19. The fraction of sp³-hybridized carbons (Fsp3) is 0.409. The van der Waals surface area contributed by atoms with Gasteiger partial charge in [-0.25, -0.2) is 4.39 Å². The van der Waals surface area contributed by atoms with E-state index >= 15 is 0 Å². The molecule has 1 aliphatic rings. The zero-order chi connectivity index (χ0) is 20.9. The van der Waals surface area contributed by atoms with Gasteiger partial charge < -0.3 is 23.9 Å². The van der Waals surface area contributed by atoms with Crippen LogP contribution in [0.25, 0.3) is 11.0 Å². The number of anilines is 2. The van der Waals surface area contributed by atoms with E-state index in [0.29, 0.717) is 23.7 Å². The molecule has 0 radical (unpaired) electrons. The quantitative estimate of drug-likeness (QED) is 0.307. The lowest BCUT2D eigenvalue weighted by molar-refractivity contribution is -0.208. The molecule has 1 fully saturated rings. The summed E-state index contributed by atoms with van der Waals surface area (Å²) in [4.78, 5) is 15.2. The molecule has 3 aromatic rings. The van der Waals surface area contributed by atoms with E-state index in [-0.39, 0.29) is 5.82 Å². The highest BCUT2D eigenvalue weighted by atomic mass is 19.1. The fourth-order valence-electron chi connectivity index (χ4n) is 3.62. The third-order valence-corrected chi connectivity index (χ3v) is 5.23. The third kappa shape index (κ3) is 4.14. The van der Waals surface area contributed by atoms with Crippen LogP contribution >= 0.6 is 0 Å². The number of rotatable bonds is 8.